The fourth-order valence-corrected chi connectivity index (χ4v) is 1.78. The van der Waals surface area contributed by atoms with Gasteiger partial charge in [-0.15, -0.1) is 0 Å². The SMILES string of the molecule is CNCc1ccccc1N[C@@H](CC(=O)OC)C(=O)OC. The van der Waals surface area contributed by atoms with E-state index in [0.29, 0.717) is 6.54 Å². The Kier molecular flexibility index (Phi) is 6.52. The van der Waals surface area contributed by atoms with Crippen LogP contribution in [0.1, 0.15) is 12.0 Å². The highest BCUT2D eigenvalue weighted by atomic mass is 16.5. The molecule has 0 aromatic heterocycles. The first kappa shape index (κ1) is 16.0. The second-order valence-electron chi connectivity index (χ2n) is 4.19. The number of benzene rings is 1. The number of para-hydroxylation sites is 1. The van der Waals surface area contributed by atoms with Crippen LogP contribution in [0, 0.1) is 0 Å². The van der Waals surface area contributed by atoms with Gasteiger partial charge in [0.15, 0.2) is 0 Å². The number of carbonyl (C=O) groups is 2. The molecule has 0 unspecified atom stereocenters. The van der Waals surface area contributed by atoms with Crippen molar-refractivity contribution in [2.45, 2.75) is 19.0 Å². The fourth-order valence-electron chi connectivity index (χ4n) is 1.78. The standard InChI is InChI=1S/C14H20N2O4/c1-15-9-10-6-4-5-7-11(10)16-12(14(18)20-3)8-13(17)19-2/h4-7,12,15-16H,8-9H2,1-3H3/t12-/m0/s1. The van der Waals surface area contributed by atoms with Gasteiger partial charge in [0.25, 0.3) is 0 Å². The summed E-state index contributed by atoms with van der Waals surface area (Å²) in [7, 11) is 4.41. The molecule has 0 aliphatic heterocycles. The zero-order valence-corrected chi connectivity index (χ0v) is 11.9. The number of rotatable bonds is 7. The predicted molar refractivity (Wildman–Crippen MR) is 75.3 cm³/mol. The molecule has 0 amide bonds. The molecular weight excluding hydrogens is 260 g/mol. The Balaban J connectivity index is 2.88. The summed E-state index contributed by atoms with van der Waals surface area (Å²) < 4.78 is 9.30. The third-order valence-corrected chi connectivity index (χ3v) is 2.80. The van der Waals surface area contributed by atoms with E-state index in [9.17, 15) is 9.59 Å². The van der Waals surface area contributed by atoms with Gasteiger partial charge in [0.05, 0.1) is 20.6 Å². The lowest BCUT2D eigenvalue weighted by molar-refractivity contribution is -0.148. The van der Waals surface area contributed by atoms with E-state index >= 15 is 0 Å². The van der Waals surface area contributed by atoms with Crippen molar-refractivity contribution in [3.8, 4) is 0 Å². The van der Waals surface area contributed by atoms with Crippen LogP contribution in [0.25, 0.3) is 0 Å². The van der Waals surface area contributed by atoms with Crippen molar-refractivity contribution in [2.24, 2.45) is 0 Å². The number of anilines is 1. The van der Waals surface area contributed by atoms with Crippen molar-refractivity contribution < 1.29 is 19.1 Å². The lowest BCUT2D eigenvalue weighted by Crippen LogP contribution is -2.34. The Labute approximate surface area is 118 Å². The minimum Gasteiger partial charge on any atom is -0.469 e. The molecule has 1 aromatic rings. The average molecular weight is 280 g/mol. The van der Waals surface area contributed by atoms with E-state index < -0.39 is 18.0 Å². The summed E-state index contributed by atoms with van der Waals surface area (Å²) in [4.78, 5) is 23.1. The van der Waals surface area contributed by atoms with Gasteiger partial charge >= 0.3 is 11.9 Å². The van der Waals surface area contributed by atoms with Crippen LogP contribution in [0.15, 0.2) is 24.3 Å². The number of ether oxygens (including phenoxy) is 2. The summed E-state index contributed by atoms with van der Waals surface area (Å²) in [6.45, 7) is 0.648. The van der Waals surface area contributed by atoms with Gasteiger partial charge in [-0.25, -0.2) is 4.79 Å². The largest absolute Gasteiger partial charge is 0.469 e. The molecule has 2 N–H and O–H groups in total. The normalized spacial score (nSPS) is 11.6. The first-order chi connectivity index (χ1) is 9.62. The van der Waals surface area contributed by atoms with E-state index in [1.165, 1.54) is 14.2 Å². The fraction of sp³-hybridized carbons (Fsp3) is 0.429. The molecule has 110 valence electrons. The highest BCUT2D eigenvalue weighted by Gasteiger charge is 2.23. The first-order valence-electron chi connectivity index (χ1n) is 6.26. The van der Waals surface area contributed by atoms with E-state index in [0.717, 1.165) is 11.3 Å². The molecule has 0 radical (unpaired) electrons. The van der Waals surface area contributed by atoms with Crippen LogP contribution < -0.4 is 10.6 Å². The maximum atomic E-state index is 11.7. The highest BCUT2D eigenvalue weighted by molar-refractivity contribution is 5.85. The third kappa shape index (κ3) is 4.55. The van der Waals surface area contributed by atoms with E-state index in [1.54, 1.807) is 0 Å². The molecule has 0 spiro atoms. The van der Waals surface area contributed by atoms with Gasteiger partial charge < -0.3 is 20.1 Å². The van der Waals surface area contributed by atoms with Gasteiger partial charge in [-0.05, 0) is 18.7 Å². The second-order valence-corrected chi connectivity index (χ2v) is 4.19. The summed E-state index contributed by atoms with van der Waals surface area (Å²) in [5.74, 6) is -0.978. The predicted octanol–water partition coefficient (Wildman–Crippen LogP) is 0.923. The summed E-state index contributed by atoms with van der Waals surface area (Å²) in [6, 6.07) is 6.77. The summed E-state index contributed by atoms with van der Waals surface area (Å²) in [6.07, 6.45) is -0.0862. The number of nitrogens with one attached hydrogen (secondary N) is 2. The van der Waals surface area contributed by atoms with Crippen LogP contribution in [0.4, 0.5) is 5.69 Å². The van der Waals surface area contributed by atoms with Crippen LogP contribution in [-0.4, -0.2) is 39.2 Å². The Morgan fingerprint density at radius 2 is 1.90 bits per heavy atom. The molecule has 1 atom stereocenters. The summed E-state index contributed by atoms with van der Waals surface area (Å²) in [5, 5.41) is 6.08. The number of methoxy groups -OCH3 is 2. The minimum atomic E-state index is -0.773. The quantitative estimate of drug-likeness (QED) is 0.723. The number of hydrogen-bond acceptors (Lipinski definition) is 6. The molecule has 0 aliphatic carbocycles. The monoisotopic (exact) mass is 280 g/mol. The van der Waals surface area contributed by atoms with Gasteiger partial charge in [0.2, 0.25) is 0 Å². The third-order valence-electron chi connectivity index (χ3n) is 2.80. The van der Waals surface area contributed by atoms with Crippen molar-refractivity contribution in [2.75, 3.05) is 26.6 Å². The van der Waals surface area contributed by atoms with Crippen LogP contribution in [0.3, 0.4) is 0 Å². The number of carbonyl (C=O) groups excluding carboxylic acids is 2. The molecule has 20 heavy (non-hydrogen) atoms. The Morgan fingerprint density at radius 1 is 1.20 bits per heavy atom. The van der Waals surface area contributed by atoms with Crippen molar-refractivity contribution in [3.05, 3.63) is 29.8 Å². The molecule has 0 bridgehead atoms. The van der Waals surface area contributed by atoms with E-state index in [1.807, 2.05) is 31.3 Å². The summed E-state index contributed by atoms with van der Waals surface area (Å²) in [5.41, 5.74) is 1.77. The Morgan fingerprint density at radius 3 is 2.50 bits per heavy atom. The van der Waals surface area contributed by atoms with Gasteiger partial charge in [0, 0.05) is 12.2 Å². The topological polar surface area (TPSA) is 76.7 Å². The number of esters is 2. The molecule has 0 saturated carbocycles. The van der Waals surface area contributed by atoms with E-state index in [4.69, 9.17) is 4.74 Å². The molecular formula is C14H20N2O4. The van der Waals surface area contributed by atoms with Crippen LogP contribution in [0.2, 0.25) is 0 Å². The molecule has 1 aromatic carbocycles. The van der Waals surface area contributed by atoms with Gasteiger partial charge in [-0.3, -0.25) is 4.79 Å². The van der Waals surface area contributed by atoms with Crippen LogP contribution in [-0.2, 0) is 25.6 Å². The van der Waals surface area contributed by atoms with Crippen molar-refractivity contribution in [1.29, 1.82) is 0 Å². The van der Waals surface area contributed by atoms with Crippen molar-refractivity contribution in [3.63, 3.8) is 0 Å². The average Bonchev–Trinajstić information content (AvgIpc) is 2.47. The van der Waals surface area contributed by atoms with Gasteiger partial charge in [-0.2, -0.15) is 0 Å². The van der Waals surface area contributed by atoms with E-state index in [-0.39, 0.29) is 6.42 Å². The molecule has 0 fully saturated rings. The minimum absolute atomic E-state index is 0.0862. The lowest BCUT2D eigenvalue weighted by atomic mass is 10.1. The first-order valence-corrected chi connectivity index (χ1v) is 6.26. The zero-order chi connectivity index (χ0) is 15.0. The summed E-state index contributed by atoms with van der Waals surface area (Å²) >= 11 is 0. The highest BCUT2D eigenvalue weighted by Crippen LogP contribution is 2.17. The van der Waals surface area contributed by atoms with Crippen LogP contribution in [0.5, 0.6) is 0 Å². The zero-order valence-electron chi connectivity index (χ0n) is 11.9. The van der Waals surface area contributed by atoms with Gasteiger partial charge in [-0.1, -0.05) is 18.2 Å². The maximum absolute atomic E-state index is 11.7. The number of hydrogen-bond donors (Lipinski definition) is 2. The smallest absolute Gasteiger partial charge is 0.328 e. The van der Waals surface area contributed by atoms with Crippen molar-refractivity contribution in [1.82, 2.24) is 5.32 Å². The maximum Gasteiger partial charge on any atom is 0.328 e. The molecule has 6 nitrogen and oxygen atoms in total. The Hall–Kier alpha value is -2.08. The van der Waals surface area contributed by atoms with Crippen LogP contribution >= 0.6 is 0 Å². The molecule has 6 heteroatoms. The molecule has 0 aliphatic rings. The molecule has 1 rings (SSSR count). The molecule has 0 saturated heterocycles. The van der Waals surface area contributed by atoms with Crippen molar-refractivity contribution >= 4 is 17.6 Å². The van der Waals surface area contributed by atoms with E-state index in [2.05, 4.69) is 15.4 Å². The molecule has 0 heterocycles. The second kappa shape index (κ2) is 8.16. The van der Waals surface area contributed by atoms with Gasteiger partial charge in [0.1, 0.15) is 6.04 Å². The lowest BCUT2D eigenvalue weighted by Gasteiger charge is -2.19. The Bertz CT molecular complexity index is 462.